The van der Waals surface area contributed by atoms with Crippen LogP contribution in [0.25, 0.3) is 0 Å². The molecule has 0 heterocycles. The number of aldehydes is 1. The molecule has 3 nitrogen and oxygen atoms in total. The summed E-state index contributed by atoms with van der Waals surface area (Å²) in [5, 5.41) is 19.2. The van der Waals surface area contributed by atoms with Crippen molar-refractivity contribution < 1.29 is 15.0 Å². The molecule has 0 saturated heterocycles. The van der Waals surface area contributed by atoms with Crippen molar-refractivity contribution in [3.63, 3.8) is 0 Å². The van der Waals surface area contributed by atoms with Gasteiger partial charge in [0.25, 0.3) is 0 Å². The third kappa shape index (κ3) is 3.15. The molecule has 3 atom stereocenters. The third-order valence-electron chi connectivity index (χ3n) is 2.57. The number of hydrogen-bond donors (Lipinski definition) is 2. The van der Waals surface area contributed by atoms with Crippen molar-refractivity contribution in [3.05, 3.63) is 35.9 Å². The summed E-state index contributed by atoms with van der Waals surface area (Å²) in [5.41, 5.74) is 0.954. The van der Waals surface area contributed by atoms with Crippen molar-refractivity contribution in [1.82, 2.24) is 0 Å². The first-order valence-electron chi connectivity index (χ1n) is 5.01. The minimum atomic E-state index is -0.988. The van der Waals surface area contributed by atoms with Gasteiger partial charge in [-0.25, -0.2) is 0 Å². The predicted molar refractivity (Wildman–Crippen MR) is 57.6 cm³/mol. The van der Waals surface area contributed by atoms with E-state index in [1.165, 1.54) is 0 Å². The smallest absolute Gasteiger partial charge is 0.122 e. The van der Waals surface area contributed by atoms with Crippen LogP contribution in [-0.4, -0.2) is 28.7 Å². The molecule has 2 N–H and O–H groups in total. The van der Waals surface area contributed by atoms with E-state index in [1.807, 2.05) is 37.3 Å². The van der Waals surface area contributed by atoms with Crippen molar-refractivity contribution in [3.8, 4) is 0 Å². The summed E-state index contributed by atoms with van der Waals surface area (Å²) in [7, 11) is 0. The number of carbonyl (C=O) groups excluding carboxylic acids is 1. The molecule has 0 fully saturated rings. The van der Waals surface area contributed by atoms with Gasteiger partial charge in [-0.1, -0.05) is 37.3 Å². The van der Waals surface area contributed by atoms with E-state index in [2.05, 4.69) is 0 Å². The molecule has 0 aliphatic heterocycles. The van der Waals surface area contributed by atoms with Gasteiger partial charge in [0.1, 0.15) is 6.29 Å². The lowest BCUT2D eigenvalue weighted by molar-refractivity contribution is -0.111. The van der Waals surface area contributed by atoms with Crippen LogP contribution in [0.15, 0.2) is 30.3 Å². The Kier molecular flexibility index (Phi) is 4.46. The van der Waals surface area contributed by atoms with E-state index in [4.69, 9.17) is 0 Å². The minimum Gasteiger partial charge on any atom is -0.390 e. The van der Waals surface area contributed by atoms with Crippen LogP contribution in [0.5, 0.6) is 0 Å². The Balaban J connectivity index is 2.68. The van der Waals surface area contributed by atoms with Gasteiger partial charge in [0, 0.05) is 12.3 Å². The summed E-state index contributed by atoms with van der Waals surface area (Å²) in [6, 6.07) is 9.43. The van der Waals surface area contributed by atoms with E-state index >= 15 is 0 Å². The largest absolute Gasteiger partial charge is 0.390 e. The highest BCUT2D eigenvalue weighted by Crippen LogP contribution is 2.21. The van der Waals surface area contributed by atoms with Crippen LogP contribution < -0.4 is 0 Å². The zero-order valence-corrected chi connectivity index (χ0v) is 8.71. The average Bonchev–Trinajstić information content (AvgIpc) is 2.28. The molecule has 1 aromatic carbocycles. The highest BCUT2D eigenvalue weighted by molar-refractivity contribution is 5.50. The summed E-state index contributed by atoms with van der Waals surface area (Å²) in [4.78, 5) is 10.2. The zero-order chi connectivity index (χ0) is 11.3. The number of benzene rings is 1. The van der Waals surface area contributed by atoms with Gasteiger partial charge >= 0.3 is 0 Å². The molecule has 0 aliphatic rings. The highest BCUT2D eigenvalue weighted by atomic mass is 16.3. The SMILES string of the molecule is C[C@H](c1ccccc1)[C@@H](O)[C@H](O)CC=O. The summed E-state index contributed by atoms with van der Waals surface area (Å²) < 4.78 is 0. The summed E-state index contributed by atoms with van der Waals surface area (Å²) >= 11 is 0. The van der Waals surface area contributed by atoms with E-state index in [1.54, 1.807) is 0 Å². The third-order valence-corrected chi connectivity index (χ3v) is 2.57. The fraction of sp³-hybridized carbons (Fsp3) is 0.417. The lowest BCUT2D eigenvalue weighted by Gasteiger charge is -2.22. The Morgan fingerprint density at radius 1 is 1.27 bits per heavy atom. The van der Waals surface area contributed by atoms with E-state index < -0.39 is 12.2 Å². The van der Waals surface area contributed by atoms with Crippen LogP contribution in [0.2, 0.25) is 0 Å². The van der Waals surface area contributed by atoms with Gasteiger partial charge < -0.3 is 15.0 Å². The molecule has 0 aliphatic carbocycles. The van der Waals surface area contributed by atoms with Crippen LogP contribution >= 0.6 is 0 Å². The normalized spacial score (nSPS) is 16.7. The maximum atomic E-state index is 10.2. The zero-order valence-electron chi connectivity index (χ0n) is 8.71. The molecule has 1 rings (SSSR count). The van der Waals surface area contributed by atoms with Crippen molar-refractivity contribution >= 4 is 6.29 Å². The fourth-order valence-corrected chi connectivity index (χ4v) is 1.53. The fourth-order valence-electron chi connectivity index (χ4n) is 1.53. The number of hydrogen-bond acceptors (Lipinski definition) is 3. The second-order valence-electron chi connectivity index (χ2n) is 3.66. The van der Waals surface area contributed by atoms with Gasteiger partial charge in [-0.3, -0.25) is 0 Å². The monoisotopic (exact) mass is 208 g/mol. The van der Waals surface area contributed by atoms with Crippen LogP contribution in [0, 0.1) is 0 Å². The molecular formula is C12H16O3. The van der Waals surface area contributed by atoms with Gasteiger partial charge in [-0.2, -0.15) is 0 Å². The molecule has 0 aromatic heterocycles. The quantitative estimate of drug-likeness (QED) is 0.712. The topological polar surface area (TPSA) is 57.5 Å². The molecule has 0 radical (unpaired) electrons. The van der Waals surface area contributed by atoms with Crippen LogP contribution in [0.1, 0.15) is 24.8 Å². The second-order valence-corrected chi connectivity index (χ2v) is 3.66. The van der Waals surface area contributed by atoms with Crippen LogP contribution in [-0.2, 0) is 4.79 Å². The first-order valence-corrected chi connectivity index (χ1v) is 5.01. The average molecular weight is 208 g/mol. The molecule has 0 unspecified atom stereocenters. The Labute approximate surface area is 89.4 Å². The Morgan fingerprint density at radius 2 is 1.87 bits per heavy atom. The summed E-state index contributed by atoms with van der Waals surface area (Å²) in [6.07, 6.45) is -1.31. The lowest BCUT2D eigenvalue weighted by Crippen LogP contribution is -2.31. The Bertz CT molecular complexity index is 297. The molecule has 82 valence electrons. The molecule has 0 amide bonds. The predicted octanol–water partition coefficient (Wildman–Crippen LogP) is 1.10. The molecule has 3 heteroatoms. The van der Waals surface area contributed by atoms with Gasteiger partial charge in [0.2, 0.25) is 0 Å². The number of rotatable bonds is 5. The molecule has 1 aromatic rings. The second kappa shape index (κ2) is 5.63. The van der Waals surface area contributed by atoms with E-state index in [9.17, 15) is 15.0 Å². The highest BCUT2D eigenvalue weighted by Gasteiger charge is 2.23. The van der Waals surface area contributed by atoms with E-state index in [0.29, 0.717) is 6.29 Å². The maximum absolute atomic E-state index is 10.2. The first-order chi connectivity index (χ1) is 7.16. The summed E-state index contributed by atoms with van der Waals surface area (Å²) in [5.74, 6) is -0.179. The Morgan fingerprint density at radius 3 is 2.40 bits per heavy atom. The molecular weight excluding hydrogens is 192 g/mol. The van der Waals surface area contributed by atoms with Crippen molar-refractivity contribution in [2.75, 3.05) is 0 Å². The first kappa shape index (κ1) is 11.9. The minimum absolute atomic E-state index is 0.0294. The summed E-state index contributed by atoms with van der Waals surface area (Å²) in [6.45, 7) is 1.83. The van der Waals surface area contributed by atoms with Crippen LogP contribution in [0.3, 0.4) is 0 Å². The standard InChI is InChI=1S/C12H16O3/c1-9(10-5-3-2-4-6-10)12(15)11(14)7-8-13/h2-6,8-9,11-12,14-15H,7H2,1H3/t9-,11-,12-/m1/s1. The van der Waals surface area contributed by atoms with E-state index in [0.717, 1.165) is 5.56 Å². The van der Waals surface area contributed by atoms with Crippen molar-refractivity contribution in [1.29, 1.82) is 0 Å². The van der Waals surface area contributed by atoms with Gasteiger partial charge in [-0.15, -0.1) is 0 Å². The van der Waals surface area contributed by atoms with Gasteiger partial charge in [0.05, 0.1) is 12.2 Å². The number of carbonyl (C=O) groups is 1. The van der Waals surface area contributed by atoms with Gasteiger partial charge in [0.15, 0.2) is 0 Å². The lowest BCUT2D eigenvalue weighted by atomic mass is 9.91. The Hall–Kier alpha value is -1.19. The molecule has 0 saturated carbocycles. The van der Waals surface area contributed by atoms with E-state index in [-0.39, 0.29) is 12.3 Å². The number of aliphatic hydroxyl groups excluding tert-OH is 2. The van der Waals surface area contributed by atoms with Crippen molar-refractivity contribution in [2.45, 2.75) is 31.5 Å². The number of aliphatic hydroxyl groups is 2. The molecule has 0 spiro atoms. The van der Waals surface area contributed by atoms with Crippen molar-refractivity contribution in [2.24, 2.45) is 0 Å². The maximum Gasteiger partial charge on any atom is 0.122 e. The molecule has 15 heavy (non-hydrogen) atoms. The molecule has 0 bridgehead atoms. The van der Waals surface area contributed by atoms with Gasteiger partial charge in [-0.05, 0) is 5.56 Å². The van der Waals surface area contributed by atoms with Crippen LogP contribution in [0.4, 0.5) is 0 Å².